The van der Waals surface area contributed by atoms with Gasteiger partial charge in [-0.05, 0) is 31.0 Å². The zero-order chi connectivity index (χ0) is 15.6. The van der Waals surface area contributed by atoms with Gasteiger partial charge in [0.15, 0.2) is 0 Å². The molecule has 1 amide bonds. The maximum atomic E-state index is 12.3. The van der Waals surface area contributed by atoms with E-state index in [-0.39, 0.29) is 11.3 Å². The number of aryl methyl sites for hydroxylation is 1. The number of benzene rings is 1. The largest absolute Gasteiger partial charge is 0.336 e. The van der Waals surface area contributed by atoms with Crippen LogP contribution in [0.1, 0.15) is 36.7 Å². The van der Waals surface area contributed by atoms with Gasteiger partial charge in [0, 0.05) is 24.1 Å². The fourth-order valence-electron chi connectivity index (χ4n) is 3.23. The zero-order valence-corrected chi connectivity index (χ0v) is 13.2. The SMILES string of the molecule is Cc1cccc(CN2C[C@@](C)(c3ccccc3)CCC2=O)n1. The summed E-state index contributed by atoms with van der Waals surface area (Å²) >= 11 is 0. The number of rotatable bonds is 3. The van der Waals surface area contributed by atoms with E-state index in [0.29, 0.717) is 13.0 Å². The van der Waals surface area contributed by atoms with Crippen LogP contribution in [0.25, 0.3) is 0 Å². The monoisotopic (exact) mass is 294 g/mol. The van der Waals surface area contributed by atoms with Gasteiger partial charge in [-0.2, -0.15) is 0 Å². The maximum Gasteiger partial charge on any atom is 0.222 e. The molecule has 0 spiro atoms. The van der Waals surface area contributed by atoms with Crippen molar-refractivity contribution in [2.45, 2.75) is 38.6 Å². The second-order valence-electron chi connectivity index (χ2n) is 6.45. The summed E-state index contributed by atoms with van der Waals surface area (Å²) in [6.45, 7) is 5.59. The molecule has 3 nitrogen and oxygen atoms in total. The molecule has 1 fully saturated rings. The molecule has 0 radical (unpaired) electrons. The van der Waals surface area contributed by atoms with Crippen molar-refractivity contribution in [1.29, 1.82) is 0 Å². The number of likely N-dealkylation sites (tertiary alicyclic amines) is 1. The Morgan fingerprint density at radius 1 is 1.14 bits per heavy atom. The average molecular weight is 294 g/mol. The number of aromatic nitrogens is 1. The molecule has 1 atom stereocenters. The lowest BCUT2D eigenvalue weighted by molar-refractivity contribution is -0.136. The third-order valence-corrected chi connectivity index (χ3v) is 4.55. The van der Waals surface area contributed by atoms with Gasteiger partial charge in [0.25, 0.3) is 0 Å². The molecular weight excluding hydrogens is 272 g/mol. The van der Waals surface area contributed by atoms with Gasteiger partial charge >= 0.3 is 0 Å². The lowest BCUT2D eigenvalue weighted by Gasteiger charge is -2.40. The number of hydrogen-bond donors (Lipinski definition) is 0. The van der Waals surface area contributed by atoms with Crippen molar-refractivity contribution in [2.75, 3.05) is 6.54 Å². The van der Waals surface area contributed by atoms with Crippen LogP contribution in [0.4, 0.5) is 0 Å². The molecule has 3 rings (SSSR count). The molecule has 1 aromatic heterocycles. The average Bonchev–Trinajstić information content (AvgIpc) is 2.52. The van der Waals surface area contributed by atoms with Crippen molar-refractivity contribution in [3.8, 4) is 0 Å². The van der Waals surface area contributed by atoms with E-state index in [1.54, 1.807) is 0 Å². The van der Waals surface area contributed by atoms with Crippen LogP contribution in [-0.4, -0.2) is 22.3 Å². The number of pyridine rings is 1. The summed E-state index contributed by atoms with van der Waals surface area (Å²) in [6.07, 6.45) is 1.52. The van der Waals surface area contributed by atoms with Crippen LogP contribution in [0.3, 0.4) is 0 Å². The predicted molar refractivity (Wildman–Crippen MR) is 87.4 cm³/mol. The van der Waals surface area contributed by atoms with Crippen molar-refractivity contribution in [2.24, 2.45) is 0 Å². The van der Waals surface area contributed by atoms with Gasteiger partial charge in [-0.25, -0.2) is 0 Å². The lowest BCUT2D eigenvalue weighted by Crippen LogP contribution is -2.47. The number of carbonyl (C=O) groups is 1. The number of carbonyl (C=O) groups excluding carboxylic acids is 1. The van der Waals surface area contributed by atoms with E-state index in [1.807, 2.05) is 36.1 Å². The van der Waals surface area contributed by atoms with E-state index in [2.05, 4.69) is 36.2 Å². The van der Waals surface area contributed by atoms with Crippen LogP contribution < -0.4 is 0 Å². The quantitative estimate of drug-likeness (QED) is 0.868. The Labute approximate surface area is 132 Å². The number of nitrogens with zero attached hydrogens (tertiary/aromatic N) is 2. The summed E-state index contributed by atoms with van der Waals surface area (Å²) in [5.74, 6) is 0.233. The van der Waals surface area contributed by atoms with Gasteiger partial charge in [0.1, 0.15) is 0 Å². The molecule has 114 valence electrons. The molecule has 0 aliphatic carbocycles. The second kappa shape index (κ2) is 5.91. The summed E-state index contributed by atoms with van der Waals surface area (Å²) < 4.78 is 0. The van der Waals surface area contributed by atoms with E-state index in [9.17, 15) is 4.79 Å². The minimum atomic E-state index is 0.0268. The van der Waals surface area contributed by atoms with Crippen molar-refractivity contribution in [3.05, 3.63) is 65.5 Å². The Bertz CT molecular complexity index is 668. The predicted octanol–water partition coefficient (Wildman–Crippen LogP) is 3.47. The third kappa shape index (κ3) is 3.03. The van der Waals surface area contributed by atoms with Crippen LogP contribution in [-0.2, 0) is 16.8 Å². The molecule has 0 saturated carbocycles. The number of hydrogen-bond acceptors (Lipinski definition) is 2. The van der Waals surface area contributed by atoms with Crippen molar-refractivity contribution in [3.63, 3.8) is 0 Å². The van der Waals surface area contributed by atoms with E-state index in [1.165, 1.54) is 5.56 Å². The summed E-state index contributed by atoms with van der Waals surface area (Å²) in [5.41, 5.74) is 3.29. The van der Waals surface area contributed by atoms with Crippen LogP contribution in [0.5, 0.6) is 0 Å². The normalized spacial score (nSPS) is 21.9. The number of amides is 1. The van der Waals surface area contributed by atoms with Crippen molar-refractivity contribution in [1.82, 2.24) is 9.88 Å². The first-order valence-electron chi connectivity index (χ1n) is 7.83. The minimum Gasteiger partial charge on any atom is -0.336 e. The maximum absolute atomic E-state index is 12.3. The van der Waals surface area contributed by atoms with Crippen molar-refractivity contribution < 1.29 is 4.79 Å². The lowest BCUT2D eigenvalue weighted by atomic mass is 9.75. The Kier molecular flexibility index (Phi) is 3.97. The van der Waals surface area contributed by atoms with Gasteiger partial charge in [-0.1, -0.05) is 43.3 Å². The minimum absolute atomic E-state index is 0.0268. The molecular formula is C19H22N2O. The van der Waals surface area contributed by atoms with Crippen LogP contribution >= 0.6 is 0 Å². The van der Waals surface area contributed by atoms with E-state index < -0.39 is 0 Å². The van der Waals surface area contributed by atoms with E-state index in [4.69, 9.17) is 0 Å². The smallest absolute Gasteiger partial charge is 0.222 e. The first-order chi connectivity index (χ1) is 10.6. The van der Waals surface area contributed by atoms with Crippen LogP contribution in [0.15, 0.2) is 48.5 Å². The summed E-state index contributed by atoms with van der Waals surface area (Å²) in [4.78, 5) is 18.8. The fraction of sp³-hybridized carbons (Fsp3) is 0.368. The highest BCUT2D eigenvalue weighted by Crippen LogP contribution is 2.34. The molecule has 3 heteroatoms. The molecule has 0 N–H and O–H groups in total. The van der Waals surface area contributed by atoms with Crippen molar-refractivity contribution >= 4 is 5.91 Å². The summed E-state index contributed by atoms with van der Waals surface area (Å²) in [6, 6.07) is 16.5. The fourth-order valence-corrected chi connectivity index (χ4v) is 3.23. The molecule has 1 aliphatic heterocycles. The Balaban J connectivity index is 1.81. The second-order valence-corrected chi connectivity index (χ2v) is 6.45. The highest BCUT2D eigenvalue weighted by Gasteiger charge is 2.36. The molecule has 0 bridgehead atoms. The van der Waals surface area contributed by atoms with Gasteiger partial charge in [-0.15, -0.1) is 0 Å². The molecule has 0 unspecified atom stereocenters. The highest BCUT2D eigenvalue weighted by molar-refractivity contribution is 5.77. The first kappa shape index (κ1) is 14.8. The Morgan fingerprint density at radius 2 is 1.91 bits per heavy atom. The standard InChI is InChI=1S/C19H22N2O/c1-15-7-6-10-17(20-15)13-21-14-19(2,12-11-18(21)22)16-8-4-3-5-9-16/h3-10H,11-14H2,1-2H3/t19-/m0/s1. The molecule has 2 aromatic rings. The Hall–Kier alpha value is -2.16. The summed E-state index contributed by atoms with van der Waals surface area (Å²) in [5, 5.41) is 0. The summed E-state index contributed by atoms with van der Waals surface area (Å²) in [7, 11) is 0. The molecule has 1 saturated heterocycles. The zero-order valence-electron chi connectivity index (χ0n) is 13.2. The Morgan fingerprint density at radius 3 is 2.64 bits per heavy atom. The third-order valence-electron chi connectivity index (χ3n) is 4.55. The van der Waals surface area contributed by atoms with Gasteiger partial charge in [0.05, 0.1) is 12.2 Å². The molecule has 2 heterocycles. The topological polar surface area (TPSA) is 33.2 Å². The van der Waals surface area contributed by atoms with E-state index in [0.717, 1.165) is 24.4 Å². The first-order valence-corrected chi connectivity index (χ1v) is 7.83. The molecule has 22 heavy (non-hydrogen) atoms. The van der Waals surface area contributed by atoms with Crippen LogP contribution in [0.2, 0.25) is 0 Å². The van der Waals surface area contributed by atoms with E-state index >= 15 is 0 Å². The van der Waals surface area contributed by atoms with Gasteiger partial charge in [0.2, 0.25) is 5.91 Å². The molecule has 1 aliphatic rings. The van der Waals surface area contributed by atoms with Crippen LogP contribution in [0, 0.1) is 6.92 Å². The molecule has 1 aromatic carbocycles. The number of piperidine rings is 1. The van der Waals surface area contributed by atoms with Gasteiger partial charge < -0.3 is 4.90 Å². The van der Waals surface area contributed by atoms with Gasteiger partial charge in [-0.3, -0.25) is 9.78 Å². The highest BCUT2D eigenvalue weighted by atomic mass is 16.2.